The van der Waals surface area contributed by atoms with Crippen molar-refractivity contribution in [3.8, 4) is 0 Å². The minimum Gasteiger partial charge on any atom is -0.315 e. The van der Waals surface area contributed by atoms with Crippen LogP contribution in [0.15, 0.2) is 0 Å². The highest BCUT2D eigenvalue weighted by molar-refractivity contribution is 4.71. The zero-order valence-corrected chi connectivity index (χ0v) is 10.6. The highest BCUT2D eigenvalue weighted by Gasteiger charge is 2.15. The number of nitrogens with zero attached hydrogens (tertiary/aromatic N) is 1. The lowest BCUT2D eigenvalue weighted by molar-refractivity contribution is 0.214. The fourth-order valence-electron chi connectivity index (χ4n) is 2.32. The molecule has 0 aromatic carbocycles. The number of rotatable bonds is 6. The molecule has 15 heavy (non-hydrogen) atoms. The lowest BCUT2D eigenvalue weighted by Gasteiger charge is -2.26. The standard InChI is InChI=1S/C13H28N2/c1-3-4-9-14-10-12-15-11-7-5-6-8-13(15)2/h13-14H,3-12H2,1-2H3. The van der Waals surface area contributed by atoms with Gasteiger partial charge in [0.1, 0.15) is 0 Å². The number of hydrogen-bond acceptors (Lipinski definition) is 2. The van der Waals surface area contributed by atoms with Crippen LogP contribution in [0.4, 0.5) is 0 Å². The summed E-state index contributed by atoms with van der Waals surface area (Å²) in [6.07, 6.45) is 8.28. The average Bonchev–Trinajstić information content (AvgIpc) is 2.44. The molecule has 0 aromatic heterocycles. The Morgan fingerprint density at radius 2 is 2.07 bits per heavy atom. The first-order chi connectivity index (χ1) is 7.34. The van der Waals surface area contributed by atoms with E-state index in [9.17, 15) is 0 Å². The molecule has 1 fully saturated rings. The predicted molar refractivity (Wildman–Crippen MR) is 67.3 cm³/mol. The topological polar surface area (TPSA) is 15.3 Å². The highest BCUT2D eigenvalue weighted by Crippen LogP contribution is 2.15. The van der Waals surface area contributed by atoms with Crippen LogP contribution in [-0.4, -0.2) is 37.1 Å². The first-order valence-electron chi connectivity index (χ1n) is 6.79. The number of nitrogens with one attached hydrogen (secondary N) is 1. The van der Waals surface area contributed by atoms with Crippen molar-refractivity contribution in [3.05, 3.63) is 0 Å². The molecule has 0 aliphatic carbocycles. The van der Waals surface area contributed by atoms with E-state index in [1.807, 2.05) is 0 Å². The van der Waals surface area contributed by atoms with Gasteiger partial charge in [-0.05, 0) is 39.3 Å². The third-order valence-electron chi connectivity index (χ3n) is 3.47. The maximum absolute atomic E-state index is 3.53. The second kappa shape index (κ2) is 8.12. The Morgan fingerprint density at radius 1 is 1.20 bits per heavy atom. The van der Waals surface area contributed by atoms with E-state index in [1.54, 1.807) is 0 Å². The third kappa shape index (κ3) is 5.53. The monoisotopic (exact) mass is 212 g/mol. The Bertz CT molecular complexity index is 147. The first kappa shape index (κ1) is 13.0. The lowest BCUT2D eigenvalue weighted by Crippen LogP contribution is -2.38. The molecule has 1 rings (SSSR count). The molecule has 0 bridgehead atoms. The normalized spacial score (nSPS) is 24.0. The average molecular weight is 212 g/mol. The summed E-state index contributed by atoms with van der Waals surface area (Å²) in [5, 5.41) is 3.53. The van der Waals surface area contributed by atoms with E-state index in [-0.39, 0.29) is 0 Å². The Balaban J connectivity index is 2.07. The highest BCUT2D eigenvalue weighted by atomic mass is 15.2. The molecule has 1 aliphatic heterocycles. The third-order valence-corrected chi connectivity index (χ3v) is 3.47. The summed E-state index contributed by atoms with van der Waals surface area (Å²) in [7, 11) is 0. The van der Waals surface area contributed by atoms with Gasteiger partial charge in [0, 0.05) is 19.1 Å². The summed E-state index contributed by atoms with van der Waals surface area (Å²) in [6, 6.07) is 0.806. The van der Waals surface area contributed by atoms with Gasteiger partial charge in [0.25, 0.3) is 0 Å². The van der Waals surface area contributed by atoms with Crippen molar-refractivity contribution in [1.82, 2.24) is 10.2 Å². The van der Waals surface area contributed by atoms with Crippen LogP contribution in [0.3, 0.4) is 0 Å². The van der Waals surface area contributed by atoms with Crippen LogP contribution in [0.25, 0.3) is 0 Å². The second-order valence-electron chi connectivity index (χ2n) is 4.84. The largest absolute Gasteiger partial charge is 0.315 e. The van der Waals surface area contributed by atoms with Crippen molar-refractivity contribution in [2.24, 2.45) is 0 Å². The van der Waals surface area contributed by atoms with Crippen LogP contribution in [0.2, 0.25) is 0 Å². The number of hydrogen-bond donors (Lipinski definition) is 1. The summed E-state index contributed by atoms with van der Waals surface area (Å²) in [4.78, 5) is 2.66. The van der Waals surface area contributed by atoms with Crippen LogP contribution >= 0.6 is 0 Å². The molecule has 1 N–H and O–H groups in total. The maximum Gasteiger partial charge on any atom is 0.0110 e. The molecule has 2 nitrogen and oxygen atoms in total. The van der Waals surface area contributed by atoms with Crippen molar-refractivity contribution in [1.29, 1.82) is 0 Å². The van der Waals surface area contributed by atoms with E-state index < -0.39 is 0 Å². The van der Waals surface area contributed by atoms with Gasteiger partial charge in [-0.1, -0.05) is 26.2 Å². The van der Waals surface area contributed by atoms with Gasteiger partial charge < -0.3 is 5.32 Å². The van der Waals surface area contributed by atoms with Crippen molar-refractivity contribution in [2.75, 3.05) is 26.2 Å². The fourth-order valence-corrected chi connectivity index (χ4v) is 2.32. The van der Waals surface area contributed by atoms with Gasteiger partial charge in [-0.25, -0.2) is 0 Å². The van der Waals surface area contributed by atoms with Crippen molar-refractivity contribution in [2.45, 2.75) is 58.4 Å². The van der Waals surface area contributed by atoms with E-state index >= 15 is 0 Å². The summed E-state index contributed by atoms with van der Waals surface area (Å²) in [5.74, 6) is 0. The smallest absolute Gasteiger partial charge is 0.0110 e. The van der Waals surface area contributed by atoms with Crippen LogP contribution < -0.4 is 5.32 Å². The SMILES string of the molecule is CCCCNCCN1CCCCCC1C. The molecule has 90 valence electrons. The minimum atomic E-state index is 0.806. The van der Waals surface area contributed by atoms with Gasteiger partial charge in [-0.15, -0.1) is 0 Å². The first-order valence-corrected chi connectivity index (χ1v) is 6.79. The second-order valence-corrected chi connectivity index (χ2v) is 4.84. The molecule has 0 amide bonds. The van der Waals surface area contributed by atoms with Gasteiger partial charge in [0.15, 0.2) is 0 Å². The Hall–Kier alpha value is -0.0800. The molecule has 1 atom stereocenters. The van der Waals surface area contributed by atoms with Crippen molar-refractivity contribution in [3.63, 3.8) is 0 Å². The van der Waals surface area contributed by atoms with Crippen molar-refractivity contribution < 1.29 is 0 Å². The van der Waals surface area contributed by atoms with E-state index in [1.165, 1.54) is 64.7 Å². The maximum atomic E-state index is 3.53. The predicted octanol–water partition coefficient (Wildman–Crippen LogP) is 2.64. The molecule has 1 aliphatic rings. The van der Waals surface area contributed by atoms with Gasteiger partial charge >= 0.3 is 0 Å². The number of unbranched alkanes of at least 4 members (excludes halogenated alkanes) is 1. The van der Waals surface area contributed by atoms with E-state index in [0.29, 0.717) is 0 Å². The van der Waals surface area contributed by atoms with E-state index in [0.717, 1.165) is 6.04 Å². The lowest BCUT2D eigenvalue weighted by atomic mass is 10.1. The van der Waals surface area contributed by atoms with Gasteiger partial charge in [-0.2, -0.15) is 0 Å². The summed E-state index contributed by atoms with van der Waals surface area (Å²) >= 11 is 0. The molecule has 1 unspecified atom stereocenters. The quantitative estimate of drug-likeness (QED) is 0.681. The molecule has 0 aromatic rings. The molecule has 0 spiro atoms. The molecule has 2 heteroatoms. The Kier molecular flexibility index (Phi) is 7.03. The molecular formula is C13H28N2. The van der Waals surface area contributed by atoms with Crippen LogP contribution in [0.5, 0.6) is 0 Å². The number of likely N-dealkylation sites (tertiary alicyclic amines) is 1. The van der Waals surface area contributed by atoms with Gasteiger partial charge in [0.2, 0.25) is 0 Å². The zero-order valence-electron chi connectivity index (χ0n) is 10.6. The summed E-state index contributed by atoms with van der Waals surface area (Å²) in [5.41, 5.74) is 0. The Morgan fingerprint density at radius 3 is 2.87 bits per heavy atom. The van der Waals surface area contributed by atoms with Gasteiger partial charge in [0.05, 0.1) is 0 Å². The molecule has 1 saturated heterocycles. The van der Waals surface area contributed by atoms with Gasteiger partial charge in [-0.3, -0.25) is 4.90 Å². The van der Waals surface area contributed by atoms with E-state index in [4.69, 9.17) is 0 Å². The Labute approximate surface area is 95.4 Å². The molecule has 1 heterocycles. The zero-order chi connectivity index (χ0) is 10.9. The van der Waals surface area contributed by atoms with Crippen molar-refractivity contribution >= 4 is 0 Å². The molecular weight excluding hydrogens is 184 g/mol. The van der Waals surface area contributed by atoms with E-state index in [2.05, 4.69) is 24.1 Å². The van der Waals surface area contributed by atoms with Crippen LogP contribution in [0, 0.1) is 0 Å². The van der Waals surface area contributed by atoms with Crippen LogP contribution in [0.1, 0.15) is 52.4 Å². The fraction of sp³-hybridized carbons (Fsp3) is 1.00. The molecule has 0 radical (unpaired) electrons. The molecule has 0 saturated carbocycles. The minimum absolute atomic E-state index is 0.806. The van der Waals surface area contributed by atoms with Crippen LogP contribution in [-0.2, 0) is 0 Å². The summed E-state index contributed by atoms with van der Waals surface area (Å²) in [6.45, 7) is 9.56. The summed E-state index contributed by atoms with van der Waals surface area (Å²) < 4.78 is 0.